The van der Waals surface area contributed by atoms with E-state index in [1.54, 1.807) is 0 Å². The van der Waals surface area contributed by atoms with E-state index in [2.05, 4.69) is 17.1 Å². The van der Waals surface area contributed by atoms with Gasteiger partial charge in [-0.2, -0.15) is 0 Å². The first-order valence-corrected chi connectivity index (χ1v) is 8.23. The van der Waals surface area contributed by atoms with Crippen molar-refractivity contribution in [2.45, 2.75) is 76.3 Å². The van der Waals surface area contributed by atoms with Crippen LogP contribution in [0.1, 0.15) is 64.7 Å². The molecule has 4 nitrogen and oxygen atoms in total. The van der Waals surface area contributed by atoms with Crippen molar-refractivity contribution in [2.24, 2.45) is 5.92 Å². The van der Waals surface area contributed by atoms with Gasteiger partial charge >= 0.3 is 0 Å². The summed E-state index contributed by atoms with van der Waals surface area (Å²) in [5.74, 6) is 1.06. The maximum absolute atomic E-state index is 13.0. The molecule has 3 rings (SSSR count). The number of amides is 2. The Morgan fingerprint density at radius 1 is 1.10 bits per heavy atom. The van der Waals surface area contributed by atoms with Crippen LogP contribution < -0.4 is 5.32 Å². The van der Waals surface area contributed by atoms with Crippen LogP contribution in [0.15, 0.2) is 0 Å². The highest BCUT2D eigenvalue weighted by Crippen LogP contribution is 2.36. The van der Waals surface area contributed by atoms with Gasteiger partial charge in [-0.25, -0.2) is 0 Å². The molecule has 2 saturated carbocycles. The van der Waals surface area contributed by atoms with Gasteiger partial charge in [0, 0.05) is 19.0 Å². The summed E-state index contributed by atoms with van der Waals surface area (Å²) >= 11 is 0. The third kappa shape index (κ3) is 2.45. The Morgan fingerprint density at radius 3 is 2.40 bits per heavy atom. The monoisotopic (exact) mass is 278 g/mol. The van der Waals surface area contributed by atoms with Crippen molar-refractivity contribution in [3.8, 4) is 0 Å². The molecule has 0 radical (unpaired) electrons. The Kier molecular flexibility index (Phi) is 3.74. The Balaban J connectivity index is 1.79. The van der Waals surface area contributed by atoms with Crippen molar-refractivity contribution in [3.63, 3.8) is 0 Å². The minimum absolute atomic E-state index is 0.0620. The van der Waals surface area contributed by atoms with Crippen LogP contribution in [0.5, 0.6) is 0 Å². The van der Waals surface area contributed by atoms with E-state index >= 15 is 0 Å². The summed E-state index contributed by atoms with van der Waals surface area (Å²) in [6, 6.07) is 0.365. The molecule has 0 bridgehead atoms. The number of carbonyl (C=O) groups is 2. The van der Waals surface area contributed by atoms with E-state index in [9.17, 15) is 9.59 Å². The first-order chi connectivity index (χ1) is 9.61. The second kappa shape index (κ2) is 5.38. The molecule has 3 aliphatic rings. The maximum Gasteiger partial charge on any atom is 0.248 e. The van der Waals surface area contributed by atoms with Crippen molar-refractivity contribution in [3.05, 3.63) is 0 Å². The van der Waals surface area contributed by atoms with E-state index in [0.717, 1.165) is 44.4 Å². The molecule has 1 N–H and O–H groups in total. The fourth-order valence-corrected chi connectivity index (χ4v) is 4.20. The largest absolute Gasteiger partial charge is 0.342 e. The van der Waals surface area contributed by atoms with Gasteiger partial charge in [0.05, 0.1) is 0 Å². The van der Waals surface area contributed by atoms with Crippen LogP contribution in [0.3, 0.4) is 0 Å². The molecule has 2 aliphatic carbocycles. The third-order valence-corrected chi connectivity index (χ3v) is 5.51. The van der Waals surface area contributed by atoms with Gasteiger partial charge in [0.2, 0.25) is 11.8 Å². The van der Waals surface area contributed by atoms with Crippen LogP contribution in [0.4, 0.5) is 0 Å². The molecule has 0 unspecified atom stereocenters. The third-order valence-electron chi connectivity index (χ3n) is 5.51. The van der Waals surface area contributed by atoms with Crippen molar-refractivity contribution in [1.29, 1.82) is 0 Å². The second-order valence-electron chi connectivity index (χ2n) is 7.00. The lowest BCUT2D eigenvalue weighted by atomic mass is 9.85. The summed E-state index contributed by atoms with van der Waals surface area (Å²) in [5, 5.41) is 3.05. The zero-order valence-electron chi connectivity index (χ0n) is 12.5. The molecule has 2 amide bonds. The van der Waals surface area contributed by atoms with E-state index in [0.29, 0.717) is 19.0 Å². The first kappa shape index (κ1) is 13.9. The van der Waals surface area contributed by atoms with Crippen molar-refractivity contribution < 1.29 is 9.59 Å². The fourth-order valence-electron chi connectivity index (χ4n) is 4.20. The average Bonchev–Trinajstić information content (AvgIpc) is 2.85. The van der Waals surface area contributed by atoms with Crippen molar-refractivity contribution in [2.75, 3.05) is 6.54 Å². The van der Waals surface area contributed by atoms with Crippen LogP contribution in [-0.2, 0) is 9.59 Å². The average molecular weight is 278 g/mol. The highest BCUT2D eigenvalue weighted by Gasteiger charge is 2.47. The summed E-state index contributed by atoms with van der Waals surface area (Å²) in [7, 11) is 0. The van der Waals surface area contributed by atoms with E-state index in [1.807, 2.05) is 0 Å². The Hall–Kier alpha value is -1.06. The normalized spacial score (nSPS) is 34.1. The lowest BCUT2D eigenvalue weighted by molar-refractivity contribution is -0.141. The van der Waals surface area contributed by atoms with E-state index in [-0.39, 0.29) is 11.8 Å². The standard InChI is InChI=1S/C16H26N2O2/c1-12-4-6-13(7-5-12)18-11-8-14(19)17-16(15(18)20)9-2-3-10-16/h12-13H,2-11H2,1H3,(H,17,19). The lowest BCUT2D eigenvalue weighted by Crippen LogP contribution is -2.57. The number of nitrogens with zero attached hydrogens (tertiary/aromatic N) is 1. The van der Waals surface area contributed by atoms with E-state index < -0.39 is 5.54 Å². The minimum atomic E-state index is -0.559. The van der Waals surface area contributed by atoms with Gasteiger partial charge < -0.3 is 10.2 Å². The topological polar surface area (TPSA) is 49.4 Å². The quantitative estimate of drug-likeness (QED) is 0.799. The summed E-state index contributed by atoms with van der Waals surface area (Å²) in [6.45, 7) is 2.91. The molecule has 1 heterocycles. The van der Waals surface area contributed by atoms with Crippen LogP contribution in [0.2, 0.25) is 0 Å². The summed E-state index contributed by atoms with van der Waals surface area (Å²) in [4.78, 5) is 27.0. The smallest absolute Gasteiger partial charge is 0.248 e. The Bertz CT molecular complexity index is 393. The predicted molar refractivity (Wildman–Crippen MR) is 77.1 cm³/mol. The van der Waals surface area contributed by atoms with Crippen LogP contribution in [-0.4, -0.2) is 34.8 Å². The molecule has 0 atom stereocenters. The SMILES string of the molecule is CC1CCC(N2CCC(=O)NC3(CCCC3)C2=O)CC1. The number of rotatable bonds is 1. The molecule has 20 heavy (non-hydrogen) atoms. The van der Waals surface area contributed by atoms with E-state index in [1.165, 1.54) is 12.8 Å². The van der Waals surface area contributed by atoms with Gasteiger partial charge in [0.15, 0.2) is 0 Å². The molecule has 0 aromatic carbocycles. The van der Waals surface area contributed by atoms with Crippen LogP contribution >= 0.6 is 0 Å². The second-order valence-corrected chi connectivity index (χ2v) is 7.00. The lowest BCUT2D eigenvalue weighted by Gasteiger charge is -2.39. The van der Waals surface area contributed by atoms with Crippen molar-refractivity contribution in [1.82, 2.24) is 10.2 Å². The molecule has 1 spiro atoms. The number of hydrogen-bond acceptors (Lipinski definition) is 2. The molecule has 1 saturated heterocycles. The van der Waals surface area contributed by atoms with E-state index in [4.69, 9.17) is 0 Å². The van der Waals surface area contributed by atoms with Gasteiger partial charge in [-0.05, 0) is 44.4 Å². The Labute approximate surface area is 121 Å². The fraction of sp³-hybridized carbons (Fsp3) is 0.875. The molecule has 0 aromatic heterocycles. The van der Waals surface area contributed by atoms with Crippen molar-refractivity contribution >= 4 is 11.8 Å². The van der Waals surface area contributed by atoms with Gasteiger partial charge in [-0.3, -0.25) is 9.59 Å². The zero-order valence-corrected chi connectivity index (χ0v) is 12.5. The van der Waals surface area contributed by atoms with Gasteiger partial charge in [-0.15, -0.1) is 0 Å². The maximum atomic E-state index is 13.0. The summed E-state index contributed by atoms with van der Waals surface area (Å²) in [6.07, 6.45) is 8.89. The number of carbonyl (C=O) groups excluding carboxylic acids is 2. The number of hydrogen-bond donors (Lipinski definition) is 1. The molecule has 1 aliphatic heterocycles. The zero-order chi connectivity index (χ0) is 14.2. The minimum Gasteiger partial charge on any atom is -0.342 e. The molecular weight excluding hydrogens is 252 g/mol. The molecule has 112 valence electrons. The summed E-state index contributed by atoms with van der Waals surface area (Å²) in [5.41, 5.74) is -0.559. The highest BCUT2D eigenvalue weighted by molar-refractivity contribution is 5.94. The number of nitrogens with one attached hydrogen (secondary N) is 1. The summed E-state index contributed by atoms with van der Waals surface area (Å²) < 4.78 is 0. The van der Waals surface area contributed by atoms with Gasteiger partial charge in [0.25, 0.3) is 0 Å². The molecule has 3 fully saturated rings. The van der Waals surface area contributed by atoms with Crippen LogP contribution in [0.25, 0.3) is 0 Å². The molecule has 4 heteroatoms. The first-order valence-electron chi connectivity index (χ1n) is 8.23. The highest BCUT2D eigenvalue weighted by atomic mass is 16.2. The van der Waals surface area contributed by atoms with Gasteiger partial charge in [0.1, 0.15) is 5.54 Å². The molecule has 0 aromatic rings. The Morgan fingerprint density at radius 2 is 1.75 bits per heavy atom. The van der Waals surface area contributed by atoms with Crippen LogP contribution in [0, 0.1) is 5.92 Å². The predicted octanol–water partition coefficient (Wildman–Crippen LogP) is 2.23. The van der Waals surface area contributed by atoms with Gasteiger partial charge in [-0.1, -0.05) is 19.8 Å². The molecular formula is C16H26N2O2.